The van der Waals surface area contributed by atoms with Gasteiger partial charge in [-0.25, -0.2) is 4.98 Å². The molecule has 1 N–H and O–H groups in total. The van der Waals surface area contributed by atoms with Gasteiger partial charge in [0.15, 0.2) is 5.82 Å². The zero-order valence-electron chi connectivity index (χ0n) is 29.6. The Balaban J connectivity index is 1.10. The Morgan fingerprint density at radius 3 is 2.57 bits per heavy atom. The number of carbonyl (C=O) groups excluding carboxylic acids is 2. The summed E-state index contributed by atoms with van der Waals surface area (Å²) < 4.78 is 19.6. The first-order valence-corrected chi connectivity index (χ1v) is 18.2. The van der Waals surface area contributed by atoms with Gasteiger partial charge in [0.1, 0.15) is 23.1 Å². The molecule has 0 radical (unpaired) electrons. The molecule has 2 heterocycles. The number of fused-ring (bicyclic) bond motifs is 2. The van der Waals surface area contributed by atoms with E-state index in [4.69, 9.17) is 37.4 Å². The highest BCUT2D eigenvalue weighted by Crippen LogP contribution is 2.46. The van der Waals surface area contributed by atoms with Crippen molar-refractivity contribution in [2.24, 2.45) is 7.05 Å². The lowest BCUT2D eigenvalue weighted by molar-refractivity contribution is -0.151. The number of amides is 1. The molecule has 1 saturated carbocycles. The Morgan fingerprint density at radius 1 is 1.06 bits per heavy atom. The normalized spacial score (nSPS) is 17.5. The van der Waals surface area contributed by atoms with Crippen LogP contribution in [0.2, 0.25) is 10.0 Å². The number of halogens is 2. The van der Waals surface area contributed by atoms with Crippen LogP contribution < -0.4 is 14.8 Å². The van der Waals surface area contributed by atoms with Gasteiger partial charge in [-0.2, -0.15) is 0 Å². The number of carbonyl (C=O) groups is 2. The molecule has 0 bridgehead atoms. The molecular formula is C39H43Cl2N5O5. The molecule has 0 saturated heterocycles. The quantitative estimate of drug-likeness (QED) is 0.161. The van der Waals surface area contributed by atoms with Gasteiger partial charge < -0.3 is 29.0 Å². The number of likely N-dealkylation sites (N-methyl/N-ethyl adjacent to an activating group) is 2. The zero-order chi connectivity index (χ0) is 36.0. The number of esters is 1. The fourth-order valence-electron chi connectivity index (χ4n) is 7.53. The van der Waals surface area contributed by atoms with Crippen molar-refractivity contribution in [3.05, 3.63) is 92.5 Å². The number of methoxy groups -OCH3 is 1. The summed E-state index contributed by atoms with van der Waals surface area (Å²) in [5.74, 6) is 1.05. The number of ether oxygens (including phenoxy) is 3. The maximum Gasteiger partial charge on any atom is 0.326 e. The van der Waals surface area contributed by atoms with E-state index in [2.05, 4.69) is 34.4 Å². The molecular weight excluding hydrogens is 689 g/mol. The smallest absolute Gasteiger partial charge is 0.326 e. The Kier molecular flexibility index (Phi) is 9.80. The van der Waals surface area contributed by atoms with E-state index in [0.717, 1.165) is 84.4 Å². The van der Waals surface area contributed by atoms with Crippen molar-refractivity contribution < 1.29 is 23.8 Å². The van der Waals surface area contributed by atoms with Crippen LogP contribution in [0.15, 0.2) is 48.5 Å². The number of nitrogens with zero attached hydrogens (tertiary/aromatic N) is 4. The number of imidazole rings is 1. The van der Waals surface area contributed by atoms with Crippen LogP contribution in [-0.2, 0) is 42.5 Å². The van der Waals surface area contributed by atoms with Gasteiger partial charge in [0, 0.05) is 56.0 Å². The summed E-state index contributed by atoms with van der Waals surface area (Å²) >= 11 is 13.9. The van der Waals surface area contributed by atoms with Crippen LogP contribution in [-0.4, -0.2) is 71.1 Å². The van der Waals surface area contributed by atoms with E-state index >= 15 is 0 Å². The van der Waals surface area contributed by atoms with Gasteiger partial charge in [-0.1, -0.05) is 53.5 Å². The Morgan fingerprint density at radius 2 is 1.82 bits per heavy atom. The molecule has 10 nitrogen and oxygen atoms in total. The predicted molar refractivity (Wildman–Crippen MR) is 198 cm³/mol. The molecule has 2 aliphatic carbocycles. The molecule has 1 fully saturated rings. The highest BCUT2D eigenvalue weighted by molar-refractivity contribution is 6.36. The number of hydrogen-bond acceptors (Lipinski definition) is 8. The third-order valence-electron chi connectivity index (χ3n) is 10.5. The zero-order valence-corrected chi connectivity index (χ0v) is 31.2. The molecule has 0 spiro atoms. The highest BCUT2D eigenvalue weighted by atomic mass is 35.5. The van der Waals surface area contributed by atoms with Gasteiger partial charge in [0.2, 0.25) is 0 Å². The minimum Gasteiger partial charge on any atom is -0.496 e. The fourth-order valence-corrected chi connectivity index (χ4v) is 8.04. The van der Waals surface area contributed by atoms with E-state index in [1.165, 1.54) is 0 Å². The highest BCUT2D eigenvalue weighted by Gasteiger charge is 2.54. The van der Waals surface area contributed by atoms with Gasteiger partial charge >= 0.3 is 5.97 Å². The largest absolute Gasteiger partial charge is 0.496 e. The van der Waals surface area contributed by atoms with Crippen LogP contribution in [0.25, 0.3) is 11.1 Å². The number of rotatable bonds is 11. The summed E-state index contributed by atoms with van der Waals surface area (Å²) in [6, 6.07) is 15.5. The monoisotopic (exact) mass is 731 g/mol. The first-order valence-electron chi connectivity index (χ1n) is 17.4. The molecule has 7 rings (SSSR count). The molecule has 3 aromatic carbocycles. The van der Waals surface area contributed by atoms with E-state index in [-0.39, 0.29) is 18.0 Å². The lowest BCUT2D eigenvalue weighted by atomic mass is 9.96. The number of nitrogens with one attached hydrogen (secondary N) is 1. The van der Waals surface area contributed by atoms with Gasteiger partial charge in [-0.15, -0.1) is 0 Å². The average Bonchev–Trinajstić information content (AvgIpc) is 3.74. The maximum absolute atomic E-state index is 13.5. The molecule has 4 aromatic rings. The summed E-state index contributed by atoms with van der Waals surface area (Å²) in [6.07, 6.45) is 3.68. The number of benzene rings is 3. The summed E-state index contributed by atoms with van der Waals surface area (Å²) in [6.45, 7) is 4.30. The van der Waals surface area contributed by atoms with Crippen LogP contribution in [0.3, 0.4) is 0 Å². The van der Waals surface area contributed by atoms with E-state index in [1.807, 2.05) is 66.9 Å². The Bertz CT molecular complexity index is 2010. The van der Waals surface area contributed by atoms with Crippen molar-refractivity contribution in [1.82, 2.24) is 19.4 Å². The van der Waals surface area contributed by atoms with E-state index in [0.29, 0.717) is 46.2 Å². The lowest BCUT2D eigenvalue weighted by Gasteiger charge is -2.27. The number of aromatic nitrogens is 2. The van der Waals surface area contributed by atoms with Crippen molar-refractivity contribution in [2.45, 2.75) is 63.8 Å². The van der Waals surface area contributed by atoms with Crippen molar-refractivity contribution in [2.75, 3.05) is 39.7 Å². The number of anilines is 1. The van der Waals surface area contributed by atoms with Gasteiger partial charge in [-0.05, 0) is 75.5 Å². The molecule has 268 valence electrons. The van der Waals surface area contributed by atoms with E-state index < -0.39 is 5.54 Å². The molecule has 12 heteroatoms. The van der Waals surface area contributed by atoms with Gasteiger partial charge in [0.25, 0.3) is 5.91 Å². The second-order valence-electron chi connectivity index (χ2n) is 13.7. The van der Waals surface area contributed by atoms with Gasteiger partial charge in [-0.3, -0.25) is 14.5 Å². The lowest BCUT2D eigenvalue weighted by Crippen LogP contribution is -2.41. The van der Waals surface area contributed by atoms with E-state index in [1.54, 1.807) is 7.11 Å². The second-order valence-corrected chi connectivity index (χ2v) is 14.5. The third-order valence-corrected chi connectivity index (χ3v) is 11.2. The van der Waals surface area contributed by atoms with Crippen LogP contribution in [0.4, 0.5) is 5.69 Å². The van der Waals surface area contributed by atoms with E-state index in [9.17, 15) is 9.59 Å². The number of hydrogen-bond donors (Lipinski definition) is 1. The van der Waals surface area contributed by atoms with Crippen LogP contribution in [0, 0.1) is 0 Å². The van der Waals surface area contributed by atoms with Crippen molar-refractivity contribution in [3.63, 3.8) is 0 Å². The fraction of sp³-hybridized carbons (Fsp3) is 0.410. The van der Waals surface area contributed by atoms with Gasteiger partial charge in [0.05, 0.1) is 35.1 Å². The molecule has 1 aromatic heterocycles. The SMILES string of the molecule is CCOC(=O)C1(N(C)Cc2cc(Cl)c(OC3CCc4c(-c5cccc(NC(=O)c6nc7c(n6C)CCN(C)C7)c5Cl)cccc43)cc2OC)CC1. The summed E-state index contributed by atoms with van der Waals surface area (Å²) in [7, 11) is 7.50. The average molecular weight is 733 g/mol. The maximum atomic E-state index is 13.5. The molecule has 1 unspecified atom stereocenters. The topological polar surface area (TPSA) is 98.2 Å². The first-order chi connectivity index (χ1) is 24.5. The van der Waals surface area contributed by atoms with Crippen molar-refractivity contribution in [1.29, 1.82) is 0 Å². The molecule has 1 amide bonds. The molecule has 51 heavy (non-hydrogen) atoms. The summed E-state index contributed by atoms with van der Waals surface area (Å²) in [5, 5.41) is 3.95. The minimum absolute atomic E-state index is 0.189. The summed E-state index contributed by atoms with van der Waals surface area (Å²) in [5.41, 5.74) is 6.85. The molecule has 1 atom stereocenters. The minimum atomic E-state index is -0.599. The van der Waals surface area contributed by atoms with Crippen LogP contribution >= 0.6 is 23.2 Å². The van der Waals surface area contributed by atoms with Crippen LogP contribution in [0.5, 0.6) is 11.5 Å². The standard InChI is InChI=1S/C39H43Cl2N5O5/c1-6-50-38(48)39(16-17-39)45(3)21-23-19-28(40)34(20-33(23)49-5)51-32-14-13-25-24(9-7-10-26(25)32)27-11-8-12-29(35(27)41)43-37(47)36-42-30-22-44(2)18-15-31(30)46(36)4/h7-12,19-20,32H,6,13-18,21-22H2,1-5H3,(H,43,47). The van der Waals surface area contributed by atoms with Crippen molar-refractivity contribution in [3.8, 4) is 22.6 Å². The molecule has 1 aliphatic heterocycles. The second kappa shape index (κ2) is 14.1. The van der Waals surface area contributed by atoms with Crippen LogP contribution in [0.1, 0.15) is 71.0 Å². The Labute approximate surface area is 308 Å². The first kappa shape index (κ1) is 35.3. The van der Waals surface area contributed by atoms with Crippen molar-refractivity contribution >= 4 is 40.8 Å². The predicted octanol–water partition coefficient (Wildman–Crippen LogP) is 7.24. The Hall–Kier alpha value is -4.09. The molecule has 3 aliphatic rings. The summed E-state index contributed by atoms with van der Waals surface area (Å²) in [4.78, 5) is 35.0. The third kappa shape index (κ3) is 6.59.